The fourth-order valence-electron chi connectivity index (χ4n) is 2.99. The maximum absolute atomic E-state index is 14.0. The van der Waals surface area contributed by atoms with E-state index in [1.807, 2.05) is 24.3 Å². The molecule has 0 saturated carbocycles. The number of hydrogen-bond donors (Lipinski definition) is 2. The number of hydrogen-bond acceptors (Lipinski definition) is 4. The fourth-order valence-corrected chi connectivity index (χ4v) is 3.76. The quantitative estimate of drug-likeness (QED) is 0.636. The second-order valence-corrected chi connectivity index (χ2v) is 7.93. The summed E-state index contributed by atoms with van der Waals surface area (Å²) in [5.74, 6) is 0.337. The summed E-state index contributed by atoms with van der Waals surface area (Å²) in [5, 5.41) is 0. The molecule has 6 nitrogen and oxygen atoms in total. The molecule has 0 bridgehead atoms. The number of aryl methyl sites for hydroxylation is 1. The number of nitrogens with one attached hydrogen (secondary N) is 1. The first-order valence-electron chi connectivity index (χ1n) is 8.42. The standard InChI is InChI=1S/C19H21FN4O2S.ClH/c1-13-23-19-17(14-5-3-6-16(11-14)27(25,26)22-2)7-4-8-18(19)24(13)12-15(20)9-10-21;/h3-9,11,22H,10,12,21H2,1-2H3;1H. The molecule has 0 amide bonds. The number of sulfonamides is 1. The second kappa shape index (κ2) is 8.83. The molecule has 1 heterocycles. The summed E-state index contributed by atoms with van der Waals surface area (Å²) in [5.41, 5.74) is 8.34. The SMILES string of the molecule is CNS(=O)(=O)c1cccc(-c2cccc3c2nc(C)n3CC(F)=CCN)c1.Cl. The zero-order valence-electron chi connectivity index (χ0n) is 15.5. The van der Waals surface area contributed by atoms with Crippen molar-refractivity contribution in [2.45, 2.75) is 18.4 Å². The van der Waals surface area contributed by atoms with E-state index >= 15 is 0 Å². The summed E-state index contributed by atoms with van der Waals surface area (Å²) < 4.78 is 42.3. The molecule has 150 valence electrons. The highest BCUT2D eigenvalue weighted by atomic mass is 35.5. The van der Waals surface area contributed by atoms with Crippen LogP contribution in [0.5, 0.6) is 0 Å². The number of nitrogens with two attached hydrogens (primary N) is 1. The van der Waals surface area contributed by atoms with Gasteiger partial charge in [-0.3, -0.25) is 0 Å². The second-order valence-electron chi connectivity index (χ2n) is 6.04. The predicted molar refractivity (Wildman–Crippen MR) is 112 cm³/mol. The molecule has 2 aromatic carbocycles. The lowest BCUT2D eigenvalue weighted by atomic mass is 10.0. The number of allylic oxidation sites excluding steroid dienone is 1. The largest absolute Gasteiger partial charge is 0.327 e. The Bertz CT molecular complexity index is 1130. The van der Waals surface area contributed by atoms with E-state index in [0.717, 1.165) is 16.6 Å². The third-order valence-electron chi connectivity index (χ3n) is 4.34. The molecule has 3 N–H and O–H groups in total. The van der Waals surface area contributed by atoms with E-state index in [0.29, 0.717) is 11.3 Å². The highest BCUT2D eigenvalue weighted by Gasteiger charge is 2.16. The summed E-state index contributed by atoms with van der Waals surface area (Å²) in [7, 11) is -2.18. The number of rotatable bonds is 6. The molecule has 0 spiro atoms. The van der Waals surface area contributed by atoms with Crippen LogP contribution in [-0.4, -0.2) is 31.6 Å². The van der Waals surface area contributed by atoms with Gasteiger partial charge in [0.1, 0.15) is 11.7 Å². The Balaban J connectivity index is 0.00000280. The summed E-state index contributed by atoms with van der Waals surface area (Å²) in [6.45, 7) is 1.99. The molecule has 0 aliphatic heterocycles. The number of imidazole rings is 1. The summed E-state index contributed by atoms with van der Waals surface area (Å²) in [6.07, 6.45) is 1.33. The van der Waals surface area contributed by atoms with Crippen LogP contribution in [-0.2, 0) is 16.6 Å². The van der Waals surface area contributed by atoms with Crippen molar-refractivity contribution >= 4 is 33.5 Å². The molecule has 0 fully saturated rings. The Morgan fingerprint density at radius 2 is 2.00 bits per heavy atom. The van der Waals surface area contributed by atoms with Gasteiger partial charge in [-0.05, 0) is 43.8 Å². The number of fused-ring (bicyclic) bond motifs is 1. The van der Waals surface area contributed by atoms with E-state index in [1.54, 1.807) is 23.6 Å². The number of para-hydroxylation sites is 1. The van der Waals surface area contributed by atoms with Crippen LogP contribution in [0.1, 0.15) is 5.82 Å². The van der Waals surface area contributed by atoms with E-state index in [9.17, 15) is 12.8 Å². The van der Waals surface area contributed by atoms with Gasteiger partial charge in [0.25, 0.3) is 0 Å². The van der Waals surface area contributed by atoms with Crippen molar-refractivity contribution in [3.05, 3.63) is 60.2 Å². The number of nitrogens with zero attached hydrogens (tertiary/aromatic N) is 2. The van der Waals surface area contributed by atoms with Gasteiger partial charge in [-0.1, -0.05) is 24.3 Å². The molecule has 3 rings (SSSR count). The predicted octanol–water partition coefficient (Wildman–Crippen LogP) is 3.15. The lowest BCUT2D eigenvalue weighted by Crippen LogP contribution is -2.18. The van der Waals surface area contributed by atoms with Crippen LogP contribution in [0.25, 0.3) is 22.2 Å². The third-order valence-corrected chi connectivity index (χ3v) is 5.75. The zero-order chi connectivity index (χ0) is 19.6. The molecule has 28 heavy (non-hydrogen) atoms. The maximum atomic E-state index is 14.0. The van der Waals surface area contributed by atoms with Crippen LogP contribution >= 0.6 is 12.4 Å². The van der Waals surface area contributed by atoms with E-state index in [4.69, 9.17) is 5.73 Å². The highest BCUT2D eigenvalue weighted by Crippen LogP contribution is 2.30. The van der Waals surface area contributed by atoms with Gasteiger partial charge in [-0.25, -0.2) is 22.5 Å². The summed E-state index contributed by atoms with van der Waals surface area (Å²) in [6, 6.07) is 12.2. The topological polar surface area (TPSA) is 90.0 Å². The molecule has 9 heteroatoms. The van der Waals surface area contributed by atoms with Crippen molar-refractivity contribution in [2.24, 2.45) is 5.73 Å². The molecular formula is C19H22ClFN4O2S. The number of aromatic nitrogens is 2. The first-order chi connectivity index (χ1) is 12.9. The highest BCUT2D eigenvalue weighted by molar-refractivity contribution is 7.89. The van der Waals surface area contributed by atoms with Gasteiger partial charge in [-0.2, -0.15) is 0 Å². The van der Waals surface area contributed by atoms with Gasteiger partial charge in [-0.15, -0.1) is 12.4 Å². The molecule has 0 atom stereocenters. The van der Waals surface area contributed by atoms with Gasteiger partial charge in [0.2, 0.25) is 10.0 Å². The van der Waals surface area contributed by atoms with Crippen molar-refractivity contribution in [2.75, 3.05) is 13.6 Å². The Kier molecular flexibility index (Phi) is 6.95. The minimum atomic E-state index is -3.55. The van der Waals surface area contributed by atoms with Crippen LogP contribution < -0.4 is 10.5 Å². The molecule has 0 unspecified atom stereocenters. The first-order valence-corrected chi connectivity index (χ1v) is 9.90. The minimum absolute atomic E-state index is 0. The minimum Gasteiger partial charge on any atom is -0.327 e. The normalized spacial score (nSPS) is 12.2. The zero-order valence-corrected chi connectivity index (χ0v) is 17.1. The van der Waals surface area contributed by atoms with Crippen molar-refractivity contribution in [1.29, 1.82) is 0 Å². The molecule has 0 saturated heterocycles. The van der Waals surface area contributed by atoms with Crippen molar-refractivity contribution in [3.8, 4) is 11.1 Å². The monoisotopic (exact) mass is 424 g/mol. The molecular weight excluding hydrogens is 403 g/mol. The average Bonchev–Trinajstić information content (AvgIpc) is 2.97. The van der Waals surface area contributed by atoms with E-state index in [-0.39, 0.29) is 36.2 Å². The van der Waals surface area contributed by atoms with Crippen molar-refractivity contribution < 1.29 is 12.8 Å². The van der Waals surface area contributed by atoms with Crippen LogP contribution in [0.4, 0.5) is 4.39 Å². The number of halogens is 2. The lowest BCUT2D eigenvalue weighted by molar-refractivity contribution is 0.553. The Morgan fingerprint density at radius 1 is 1.29 bits per heavy atom. The molecule has 0 radical (unpaired) electrons. The van der Waals surface area contributed by atoms with Gasteiger partial charge in [0, 0.05) is 12.1 Å². The molecule has 1 aromatic heterocycles. The maximum Gasteiger partial charge on any atom is 0.240 e. The van der Waals surface area contributed by atoms with Crippen LogP contribution in [0.15, 0.2) is 59.3 Å². The van der Waals surface area contributed by atoms with Gasteiger partial charge >= 0.3 is 0 Å². The van der Waals surface area contributed by atoms with Gasteiger partial charge in [0.15, 0.2) is 0 Å². The Hall–Kier alpha value is -2.26. The lowest BCUT2D eigenvalue weighted by Gasteiger charge is -2.08. The fraction of sp³-hybridized carbons (Fsp3) is 0.211. The van der Waals surface area contributed by atoms with Gasteiger partial charge in [0.05, 0.1) is 22.5 Å². The Labute approximate surface area is 169 Å². The van der Waals surface area contributed by atoms with E-state index in [1.165, 1.54) is 19.2 Å². The Morgan fingerprint density at radius 3 is 2.68 bits per heavy atom. The molecule has 3 aromatic rings. The molecule has 0 aliphatic carbocycles. The first kappa shape index (κ1) is 22.0. The van der Waals surface area contributed by atoms with Crippen LogP contribution in [0, 0.1) is 6.92 Å². The van der Waals surface area contributed by atoms with Gasteiger partial charge < -0.3 is 10.3 Å². The number of benzene rings is 2. The third kappa shape index (κ3) is 4.25. The smallest absolute Gasteiger partial charge is 0.240 e. The van der Waals surface area contributed by atoms with E-state index in [2.05, 4.69) is 9.71 Å². The summed E-state index contributed by atoms with van der Waals surface area (Å²) >= 11 is 0. The molecule has 0 aliphatic rings. The van der Waals surface area contributed by atoms with Crippen molar-refractivity contribution in [3.63, 3.8) is 0 Å². The van der Waals surface area contributed by atoms with Crippen LogP contribution in [0.3, 0.4) is 0 Å². The van der Waals surface area contributed by atoms with E-state index < -0.39 is 10.0 Å². The van der Waals surface area contributed by atoms with Crippen LogP contribution in [0.2, 0.25) is 0 Å². The van der Waals surface area contributed by atoms with Crippen molar-refractivity contribution in [1.82, 2.24) is 14.3 Å². The summed E-state index contributed by atoms with van der Waals surface area (Å²) in [4.78, 5) is 4.76. The average molecular weight is 425 g/mol.